The third kappa shape index (κ3) is 5.88. The maximum atomic E-state index is 2.77. The Bertz CT molecular complexity index is 1060. The standard InChI is InChI=1S/C51H92/c1-22-24(3)32(11)44(33(12)25(22)4)48-38(17)28(7)36(15)46-42(30(9)40(19)50(46)48)21-43-31(10)41(20)51-47(43)37(16)29(8)39(18)49(51)45-34(13)26(5)23(2)27(6)35(45)14/h22-51H,21H2,1-20H3. The average molecular weight is 705 g/mol. The fraction of sp³-hybridized carbons (Fsp3) is 1.00. The number of rotatable bonds is 4. The molecule has 0 nitrogen and oxygen atoms in total. The summed E-state index contributed by atoms with van der Waals surface area (Å²) in [5.74, 6) is 26.1. The molecule has 6 aliphatic carbocycles. The summed E-state index contributed by atoms with van der Waals surface area (Å²) >= 11 is 0. The van der Waals surface area contributed by atoms with Crippen LogP contribution in [0.3, 0.4) is 0 Å². The molecule has 0 saturated heterocycles. The van der Waals surface area contributed by atoms with E-state index in [0.29, 0.717) is 0 Å². The molecule has 0 heteroatoms. The van der Waals surface area contributed by atoms with E-state index in [-0.39, 0.29) is 0 Å². The van der Waals surface area contributed by atoms with Crippen molar-refractivity contribution < 1.29 is 0 Å². The van der Waals surface area contributed by atoms with Crippen molar-refractivity contribution in [3.63, 3.8) is 0 Å². The van der Waals surface area contributed by atoms with Crippen LogP contribution in [0.4, 0.5) is 0 Å². The van der Waals surface area contributed by atoms with Gasteiger partial charge in [-0.2, -0.15) is 0 Å². The first-order chi connectivity index (χ1) is 23.7. The molecule has 26 unspecified atom stereocenters. The molecule has 26 atom stereocenters. The SMILES string of the molecule is CC1C(C)C(C)C(C2C(C)C(C)C(C)C3C(CC4C(C)C(C)C5C4C(C)C(C)C(C)C5C4C(C)C(C)C(C)C(C)C4C)C(C)C(C)C32)C(C)C1C. The van der Waals surface area contributed by atoms with Crippen molar-refractivity contribution in [1.29, 1.82) is 0 Å². The molecule has 0 aromatic heterocycles. The summed E-state index contributed by atoms with van der Waals surface area (Å²) in [6.45, 7) is 53.9. The van der Waals surface area contributed by atoms with Gasteiger partial charge in [0.05, 0.1) is 0 Å². The fourth-order valence-electron chi connectivity index (χ4n) is 18.1. The highest BCUT2D eigenvalue weighted by molar-refractivity contribution is 5.11. The molecule has 51 heavy (non-hydrogen) atoms. The van der Waals surface area contributed by atoms with E-state index < -0.39 is 0 Å². The minimum Gasteiger partial charge on any atom is -0.0620 e. The van der Waals surface area contributed by atoms with Gasteiger partial charge in [0, 0.05) is 0 Å². The van der Waals surface area contributed by atoms with Gasteiger partial charge in [-0.1, -0.05) is 138 Å². The summed E-state index contributed by atoms with van der Waals surface area (Å²) in [5.41, 5.74) is 0. The van der Waals surface area contributed by atoms with Crippen LogP contribution < -0.4 is 0 Å². The lowest BCUT2D eigenvalue weighted by Gasteiger charge is -2.59. The molecular formula is C51H92. The zero-order valence-corrected chi connectivity index (χ0v) is 38.0. The lowest BCUT2D eigenvalue weighted by molar-refractivity contribution is -0.110. The van der Waals surface area contributed by atoms with Gasteiger partial charge in [-0.3, -0.25) is 0 Å². The monoisotopic (exact) mass is 705 g/mol. The molecule has 0 amide bonds. The van der Waals surface area contributed by atoms with Crippen LogP contribution >= 0.6 is 0 Å². The van der Waals surface area contributed by atoms with E-state index in [1.807, 2.05) is 0 Å². The summed E-state index contributed by atoms with van der Waals surface area (Å²) in [4.78, 5) is 0. The van der Waals surface area contributed by atoms with E-state index >= 15 is 0 Å². The van der Waals surface area contributed by atoms with Gasteiger partial charge >= 0.3 is 0 Å². The summed E-state index contributed by atoms with van der Waals surface area (Å²) in [6, 6.07) is 0. The third-order valence-corrected chi connectivity index (χ3v) is 23.2. The minimum atomic E-state index is 0.841. The van der Waals surface area contributed by atoms with Crippen LogP contribution in [0.25, 0.3) is 0 Å². The molecule has 0 radical (unpaired) electrons. The van der Waals surface area contributed by atoms with Gasteiger partial charge in [-0.05, 0) is 184 Å². The molecular weight excluding hydrogens is 613 g/mol. The molecule has 6 rings (SSSR count). The Kier molecular flexibility index (Phi) is 11.6. The maximum absolute atomic E-state index is 2.77. The lowest BCUT2D eigenvalue weighted by Crippen LogP contribution is -2.54. The molecule has 6 fully saturated rings. The zero-order chi connectivity index (χ0) is 38.0. The summed E-state index contributed by atoms with van der Waals surface area (Å²) in [7, 11) is 0. The molecule has 0 bridgehead atoms. The van der Waals surface area contributed by atoms with Crippen molar-refractivity contribution in [3.8, 4) is 0 Å². The van der Waals surface area contributed by atoms with E-state index in [9.17, 15) is 0 Å². The summed E-state index contributed by atoms with van der Waals surface area (Å²) in [5, 5.41) is 0. The summed E-state index contributed by atoms with van der Waals surface area (Å²) < 4.78 is 0. The highest BCUT2D eigenvalue weighted by atomic mass is 14.7. The van der Waals surface area contributed by atoms with Crippen molar-refractivity contribution >= 4 is 0 Å². The predicted octanol–water partition coefficient (Wildman–Crippen LogP) is 14.3. The van der Waals surface area contributed by atoms with Crippen LogP contribution in [0.5, 0.6) is 0 Å². The predicted molar refractivity (Wildman–Crippen MR) is 223 cm³/mol. The lowest BCUT2D eigenvalue weighted by atomic mass is 9.46. The largest absolute Gasteiger partial charge is 0.0620 e. The molecule has 0 aromatic carbocycles. The Morgan fingerprint density at radius 1 is 0.157 bits per heavy atom. The Balaban J connectivity index is 1.35. The second-order valence-corrected chi connectivity index (χ2v) is 23.4. The van der Waals surface area contributed by atoms with E-state index in [2.05, 4.69) is 138 Å². The molecule has 0 spiro atoms. The Morgan fingerprint density at radius 2 is 0.314 bits per heavy atom. The smallest absolute Gasteiger partial charge is 0.0318 e. The fourth-order valence-corrected chi connectivity index (χ4v) is 18.1. The van der Waals surface area contributed by atoms with Crippen LogP contribution in [0.1, 0.15) is 145 Å². The maximum Gasteiger partial charge on any atom is -0.0318 e. The van der Waals surface area contributed by atoms with Gasteiger partial charge in [-0.15, -0.1) is 0 Å². The van der Waals surface area contributed by atoms with Crippen molar-refractivity contribution in [1.82, 2.24) is 0 Å². The van der Waals surface area contributed by atoms with Gasteiger partial charge in [0.25, 0.3) is 0 Å². The van der Waals surface area contributed by atoms with Gasteiger partial charge < -0.3 is 0 Å². The van der Waals surface area contributed by atoms with Gasteiger partial charge in [0.15, 0.2) is 0 Å². The van der Waals surface area contributed by atoms with Crippen LogP contribution in [0, 0.1) is 178 Å². The molecule has 0 aliphatic heterocycles. The topological polar surface area (TPSA) is 0 Å². The zero-order valence-electron chi connectivity index (χ0n) is 38.0. The van der Waals surface area contributed by atoms with Crippen LogP contribution in [0.2, 0.25) is 0 Å². The quantitative estimate of drug-likeness (QED) is 0.273. The Hall–Kier alpha value is 0. The van der Waals surface area contributed by atoms with Crippen LogP contribution in [-0.4, -0.2) is 0 Å². The molecule has 0 aromatic rings. The first kappa shape index (κ1) is 40.7. The Morgan fingerprint density at radius 3 is 0.588 bits per heavy atom. The number of hydrogen-bond acceptors (Lipinski definition) is 0. The van der Waals surface area contributed by atoms with E-state index in [1.54, 1.807) is 0 Å². The minimum absolute atomic E-state index is 0.841. The second kappa shape index (κ2) is 14.5. The van der Waals surface area contributed by atoms with Gasteiger partial charge in [-0.25, -0.2) is 0 Å². The highest BCUT2D eigenvalue weighted by Crippen LogP contribution is 2.69. The Labute approximate surface area is 321 Å². The van der Waals surface area contributed by atoms with E-state index in [4.69, 9.17) is 0 Å². The summed E-state index contributed by atoms with van der Waals surface area (Å²) in [6.07, 6.45) is 1.54. The second-order valence-electron chi connectivity index (χ2n) is 23.4. The number of fused-ring (bicyclic) bond motifs is 2. The first-order valence-electron chi connectivity index (χ1n) is 23.7. The average Bonchev–Trinajstić information content (AvgIpc) is 3.49. The first-order valence-corrected chi connectivity index (χ1v) is 23.7. The molecule has 6 saturated carbocycles. The van der Waals surface area contributed by atoms with Crippen molar-refractivity contribution in [2.24, 2.45) is 178 Å². The van der Waals surface area contributed by atoms with Gasteiger partial charge in [0.1, 0.15) is 0 Å². The molecule has 0 N–H and O–H groups in total. The molecule has 0 heterocycles. The van der Waals surface area contributed by atoms with Crippen LogP contribution in [-0.2, 0) is 0 Å². The van der Waals surface area contributed by atoms with Crippen molar-refractivity contribution in [3.05, 3.63) is 0 Å². The molecule has 296 valence electrons. The van der Waals surface area contributed by atoms with Crippen molar-refractivity contribution in [2.45, 2.75) is 145 Å². The third-order valence-electron chi connectivity index (χ3n) is 23.2. The highest BCUT2D eigenvalue weighted by Gasteiger charge is 2.64. The van der Waals surface area contributed by atoms with Crippen LogP contribution in [0.15, 0.2) is 0 Å². The number of hydrogen-bond donors (Lipinski definition) is 0. The van der Waals surface area contributed by atoms with Gasteiger partial charge in [0.2, 0.25) is 0 Å². The van der Waals surface area contributed by atoms with Crippen molar-refractivity contribution in [2.75, 3.05) is 0 Å². The van der Waals surface area contributed by atoms with E-state index in [1.165, 1.54) is 6.42 Å². The normalized spacial score (nSPS) is 64.9. The molecule has 6 aliphatic rings. The van der Waals surface area contributed by atoms with E-state index in [0.717, 1.165) is 178 Å².